The van der Waals surface area contributed by atoms with Crippen LogP contribution in [0.2, 0.25) is 0 Å². The van der Waals surface area contributed by atoms with Crippen molar-refractivity contribution in [3.8, 4) is 0 Å². The lowest BCUT2D eigenvalue weighted by Gasteiger charge is -2.41. The highest BCUT2D eigenvalue weighted by molar-refractivity contribution is 7.89. The number of carbonyl (C=O) groups excluding carboxylic acids is 1. The van der Waals surface area contributed by atoms with Gasteiger partial charge in [-0.2, -0.15) is 3.97 Å². The van der Waals surface area contributed by atoms with Crippen molar-refractivity contribution < 1.29 is 17.9 Å². The van der Waals surface area contributed by atoms with Crippen molar-refractivity contribution >= 4 is 27.1 Å². The second-order valence-electron chi connectivity index (χ2n) is 8.63. The van der Waals surface area contributed by atoms with E-state index in [1.807, 2.05) is 19.1 Å². The number of nitrogens with zero attached hydrogens (tertiary/aromatic N) is 4. The van der Waals surface area contributed by atoms with Crippen LogP contribution >= 0.6 is 0 Å². The van der Waals surface area contributed by atoms with Gasteiger partial charge in [-0.15, -0.1) is 0 Å². The Morgan fingerprint density at radius 3 is 2.19 bits per heavy atom. The van der Waals surface area contributed by atoms with Gasteiger partial charge in [0.15, 0.2) is 0 Å². The normalized spacial score (nSPS) is 19.8. The lowest BCUT2D eigenvalue weighted by Crippen LogP contribution is -2.49. The van der Waals surface area contributed by atoms with Crippen LogP contribution in [0, 0.1) is 6.92 Å². The van der Waals surface area contributed by atoms with E-state index in [0.717, 1.165) is 54.6 Å². The molecule has 2 fully saturated rings. The first-order valence-corrected chi connectivity index (χ1v) is 12.6. The topological polar surface area (TPSA) is 93.8 Å². The van der Waals surface area contributed by atoms with Crippen molar-refractivity contribution in [1.29, 1.82) is 0 Å². The first-order valence-electron chi connectivity index (χ1n) is 10.7. The van der Waals surface area contributed by atoms with Crippen molar-refractivity contribution in [2.45, 2.75) is 44.7 Å². The maximum absolute atomic E-state index is 13.1. The van der Waals surface area contributed by atoms with Crippen LogP contribution in [0.3, 0.4) is 0 Å². The maximum atomic E-state index is 13.1. The predicted molar refractivity (Wildman–Crippen MR) is 118 cm³/mol. The van der Waals surface area contributed by atoms with Gasteiger partial charge in [-0.05, 0) is 50.3 Å². The molecule has 0 atom stereocenters. The molecule has 0 unspecified atom stereocenters. The SMILES string of the molecule is COC(=O)N1CCC(N2CCC(n3c(=O)n(S(C)(=O)=O)c4cc(C)ccc43)CC2)CC1. The third kappa shape index (κ3) is 4.10. The van der Waals surface area contributed by atoms with Crippen LogP contribution in [0.5, 0.6) is 0 Å². The van der Waals surface area contributed by atoms with Crippen LogP contribution in [0.1, 0.15) is 37.3 Å². The van der Waals surface area contributed by atoms with E-state index < -0.39 is 15.7 Å². The summed E-state index contributed by atoms with van der Waals surface area (Å²) >= 11 is 0. The monoisotopic (exact) mass is 450 g/mol. The molecular weight excluding hydrogens is 420 g/mol. The van der Waals surface area contributed by atoms with E-state index in [1.54, 1.807) is 15.5 Å². The summed E-state index contributed by atoms with van der Waals surface area (Å²) in [4.78, 5) is 29.0. The minimum absolute atomic E-state index is 0.0351. The van der Waals surface area contributed by atoms with E-state index in [4.69, 9.17) is 4.74 Å². The summed E-state index contributed by atoms with van der Waals surface area (Å²) in [6.45, 7) is 4.96. The molecule has 9 nitrogen and oxygen atoms in total. The molecule has 2 saturated heterocycles. The number of hydrogen-bond donors (Lipinski definition) is 0. The van der Waals surface area contributed by atoms with Gasteiger partial charge in [-0.1, -0.05) is 6.07 Å². The third-order valence-electron chi connectivity index (χ3n) is 6.60. The van der Waals surface area contributed by atoms with Gasteiger partial charge in [0, 0.05) is 38.3 Å². The predicted octanol–water partition coefficient (Wildman–Crippen LogP) is 1.79. The van der Waals surface area contributed by atoms with Crippen LogP contribution in [0.25, 0.3) is 11.0 Å². The lowest BCUT2D eigenvalue weighted by atomic mass is 9.97. The number of imidazole rings is 1. The number of benzene rings is 1. The Morgan fingerprint density at radius 1 is 1.00 bits per heavy atom. The number of carbonyl (C=O) groups is 1. The van der Waals surface area contributed by atoms with Gasteiger partial charge in [0.1, 0.15) is 0 Å². The van der Waals surface area contributed by atoms with Crippen molar-refractivity contribution in [3.63, 3.8) is 0 Å². The van der Waals surface area contributed by atoms with E-state index >= 15 is 0 Å². The molecular formula is C21H30N4O5S. The Balaban J connectivity index is 1.52. The molecule has 10 heteroatoms. The number of hydrogen-bond acceptors (Lipinski definition) is 6. The largest absolute Gasteiger partial charge is 0.453 e. The van der Waals surface area contributed by atoms with E-state index in [0.29, 0.717) is 30.2 Å². The van der Waals surface area contributed by atoms with Crippen LogP contribution in [-0.2, 0) is 14.8 Å². The van der Waals surface area contributed by atoms with Crippen LogP contribution in [0.15, 0.2) is 23.0 Å². The van der Waals surface area contributed by atoms with Gasteiger partial charge in [0.25, 0.3) is 0 Å². The molecule has 1 amide bonds. The fourth-order valence-electron chi connectivity index (χ4n) is 5.03. The molecule has 3 heterocycles. The molecule has 4 rings (SSSR count). The number of amides is 1. The zero-order valence-electron chi connectivity index (χ0n) is 18.3. The zero-order chi connectivity index (χ0) is 22.3. The number of likely N-dealkylation sites (tertiary alicyclic amines) is 2. The van der Waals surface area contributed by atoms with Crippen LogP contribution in [-0.4, -0.2) is 78.4 Å². The van der Waals surface area contributed by atoms with Crippen LogP contribution in [0.4, 0.5) is 4.79 Å². The van der Waals surface area contributed by atoms with Gasteiger partial charge < -0.3 is 14.5 Å². The smallest absolute Gasteiger partial charge is 0.409 e. The number of piperidine rings is 2. The molecule has 2 aromatic rings. The Labute approximate surface area is 182 Å². The summed E-state index contributed by atoms with van der Waals surface area (Å²) in [5.41, 5.74) is 1.55. The highest BCUT2D eigenvalue weighted by atomic mass is 32.2. The fraction of sp³-hybridized carbons (Fsp3) is 0.619. The van der Waals surface area contributed by atoms with E-state index in [1.165, 1.54) is 7.11 Å². The number of ether oxygens (including phenoxy) is 1. The first-order chi connectivity index (χ1) is 14.7. The minimum Gasteiger partial charge on any atom is -0.453 e. The maximum Gasteiger partial charge on any atom is 0.409 e. The third-order valence-corrected chi connectivity index (χ3v) is 7.61. The van der Waals surface area contributed by atoms with Crippen molar-refractivity contribution in [2.24, 2.45) is 0 Å². The molecule has 0 radical (unpaired) electrons. The van der Waals surface area contributed by atoms with Gasteiger partial charge >= 0.3 is 11.8 Å². The molecule has 170 valence electrons. The number of rotatable bonds is 3. The second-order valence-corrected chi connectivity index (χ2v) is 10.5. The summed E-state index contributed by atoms with van der Waals surface area (Å²) in [6, 6.07) is 5.90. The van der Waals surface area contributed by atoms with E-state index in [9.17, 15) is 18.0 Å². The Kier molecular flexibility index (Phi) is 5.87. The lowest BCUT2D eigenvalue weighted by molar-refractivity contribution is 0.0686. The molecule has 2 aliphatic heterocycles. The summed E-state index contributed by atoms with van der Waals surface area (Å²) in [5.74, 6) is 0. The molecule has 0 aliphatic carbocycles. The van der Waals surface area contributed by atoms with Gasteiger partial charge in [-0.25, -0.2) is 18.0 Å². The number of methoxy groups -OCH3 is 1. The summed E-state index contributed by atoms with van der Waals surface area (Å²) in [6.07, 6.45) is 4.19. The zero-order valence-corrected chi connectivity index (χ0v) is 19.1. The Morgan fingerprint density at radius 2 is 1.61 bits per heavy atom. The molecule has 0 bridgehead atoms. The minimum atomic E-state index is -3.71. The summed E-state index contributed by atoms with van der Waals surface area (Å²) in [5, 5.41) is 0. The fourth-order valence-corrected chi connectivity index (χ4v) is 5.90. The Bertz CT molecular complexity index is 1140. The second kappa shape index (κ2) is 8.31. The van der Waals surface area contributed by atoms with Gasteiger partial charge in [-0.3, -0.25) is 4.57 Å². The summed E-state index contributed by atoms with van der Waals surface area (Å²) in [7, 11) is -2.30. The molecule has 31 heavy (non-hydrogen) atoms. The molecule has 0 spiro atoms. The first kappa shape index (κ1) is 21.9. The molecule has 1 aromatic heterocycles. The number of aromatic nitrogens is 2. The molecule has 1 aromatic carbocycles. The van der Waals surface area contributed by atoms with Crippen molar-refractivity contribution in [3.05, 3.63) is 34.2 Å². The molecule has 0 saturated carbocycles. The highest BCUT2D eigenvalue weighted by Crippen LogP contribution is 2.29. The average Bonchev–Trinajstić information content (AvgIpc) is 3.04. The van der Waals surface area contributed by atoms with E-state index in [2.05, 4.69) is 4.90 Å². The Hall–Kier alpha value is -2.33. The quantitative estimate of drug-likeness (QED) is 0.708. The average molecular weight is 451 g/mol. The standard InChI is InChI=1S/C21H30N4O5S/c1-15-4-5-18-19(14-15)25(31(3,28)29)20(26)24(18)17-8-10-22(11-9-17)16-6-12-23(13-7-16)21(27)30-2/h4-5,14,16-17H,6-13H2,1-3H3. The van der Waals surface area contributed by atoms with Crippen molar-refractivity contribution in [1.82, 2.24) is 18.3 Å². The molecule has 0 N–H and O–H groups in total. The van der Waals surface area contributed by atoms with Crippen molar-refractivity contribution in [2.75, 3.05) is 39.5 Å². The number of fused-ring (bicyclic) bond motifs is 1. The summed E-state index contributed by atoms with van der Waals surface area (Å²) < 4.78 is 32.1. The van der Waals surface area contributed by atoms with Gasteiger partial charge in [0.2, 0.25) is 10.0 Å². The van der Waals surface area contributed by atoms with E-state index in [-0.39, 0.29) is 12.1 Å². The highest BCUT2D eigenvalue weighted by Gasteiger charge is 2.32. The van der Waals surface area contributed by atoms with Gasteiger partial charge in [0.05, 0.1) is 24.4 Å². The van der Waals surface area contributed by atoms with Crippen LogP contribution < -0.4 is 5.69 Å². The molecule has 2 aliphatic rings. The number of aryl methyl sites for hydroxylation is 1.